The highest BCUT2D eigenvalue weighted by atomic mass is 127. The van der Waals surface area contributed by atoms with E-state index in [-0.39, 0.29) is 35.8 Å². The van der Waals surface area contributed by atoms with Crippen LogP contribution in [0.3, 0.4) is 0 Å². The number of guanidine groups is 1. The van der Waals surface area contributed by atoms with Crippen LogP contribution in [0.5, 0.6) is 0 Å². The lowest BCUT2D eigenvalue weighted by Gasteiger charge is -2.18. The van der Waals surface area contributed by atoms with Crippen molar-refractivity contribution in [2.75, 3.05) is 13.6 Å². The zero-order valence-corrected chi connectivity index (χ0v) is 18.5. The standard InChI is InChI=1S/C19H28FN5.HI/c1-13-7-8-17(12-18(13)20)16(4)23-19(21-5)22-9-6-10-25-15(3)11-14(2)24-25;/h7-8,11-12,16H,6,9-10H2,1-5H3,(H2,21,22,23);1H. The van der Waals surface area contributed by atoms with E-state index in [0.29, 0.717) is 11.5 Å². The van der Waals surface area contributed by atoms with Crippen LogP contribution in [0.1, 0.15) is 41.9 Å². The van der Waals surface area contributed by atoms with Gasteiger partial charge in [-0.2, -0.15) is 5.10 Å². The van der Waals surface area contributed by atoms with Crippen LogP contribution in [0.25, 0.3) is 0 Å². The molecule has 0 aliphatic heterocycles. The summed E-state index contributed by atoms with van der Waals surface area (Å²) in [6.07, 6.45) is 0.941. The van der Waals surface area contributed by atoms with Crippen molar-refractivity contribution in [1.82, 2.24) is 20.4 Å². The monoisotopic (exact) mass is 473 g/mol. The summed E-state index contributed by atoms with van der Waals surface area (Å²) in [4.78, 5) is 4.24. The molecule has 1 unspecified atom stereocenters. The molecule has 0 radical (unpaired) electrons. The van der Waals surface area contributed by atoms with E-state index in [0.717, 1.165) is 30.8 Å². The van der Waals surface area contributed by atoms with Crippen molar-refractivity contribution in [3.8, 4) is 0 Å². The van der Waals surface area contributed by atoms with E-state index in [1.807, 2.05) is 24.6 Å². The van der Waals surface area contributed by atoms with Gasteiger partial charge in [-0.1, -0.05) is 12.1 Å². The Bertz CT molecular complexity index is 742. The van der Waals surface area contributed by atoms with Crippen molar-refractivity contribution in [2.45, 2.75) is 46.7 Å². The van der Waals surface area contributed by atoms with Gasteiger partial charge in [-0.25, -0.2) is 4.39 Å². The molecule has 0 fully saturated rings. The van der Waals surface area contributed by atoms with Gasteiger partial charge in [0.2, 0.25) is 0 Å². The Morgan fingerprint density at radius 2 is 2.00 bits per heavy atom. The molecule has 7 heteroatoms. The SMILES string of the molecule is CN=C(NCCCn1nc(C)cc1C)NC(C)c1ccc(C)c(F)c1.I. The molecule has 1 aromatic carbocycles. The predicted molar refractivity (Wildman–Crippen MR) is 116 cm³/mol. The number of rotatable bonds is 6. The number of halogens is 2. The maximum absolute atomic E-state index is 13.7. The van der Waals surface area contributed by atoms with Gasteiger partial charge >= 0.3 is 0 Å². The predicted octanol–water partition coefficient (Wildman–Crippen LogP) is 3.88. The fourth-order valence-electron chi connectivity index (χ4n) is 2.70. The molecular weight excluding hydrogens is 444 g/mol. The number of aromatic nitrogens is 2. The summed E-state index contributed by atoms with van der Waals surface area (Å²) >= 11 is 0. The van der Waals surface area contributed by atoms with Crippen molar-refractivity contribution >= 4 is 29.9 Å². The Hall–Kier alpha value is -1.64. The Kier molecular flexibility index (Phi) is 9.04. The largest absolute Gasteiger partial charge is 0.356 e. The Morgan fingerprint density at radius 1 is 1.27 bits per heavy atom. The topological polar surface area (TPSA) is 54.2 Å². The number of hydrogen-bond donors (Lipinski definition) is 2. The fraction of sp³-hybridized carbons (Fsp3) is 0.474. The van der Waals surface area contributed by atoms with E-state index in [2.05, 4.69) is 33.7 Å². The molecular formula is C19H29FIN5. The minimum Gasteiger partial charge on any atom is -0.356 e. The molecule has 5 nitrogen and oxygen atoms in total. The highest BCUT2D eigenvalue weighted by Crippen LogP contribution is 2.16. The normalized spacial score (nSPS) is 12.5. The second kappa shape index (κ2) is 10.5. The van der Waals surface area contributed by atoms with Gasteiger partial charge in [0, 0.05) is 25.8 Å². The lowest BCUT2D eigenvalue weighted by Crippen LogP contribution is -2.39. The molecule has 0 saturated heterocycles. The Balaban J connectivity index is 0.00000338. The molecule has 144 valence electrons. The maximum Gasteiger partial charge on any atom is 0.191 e. The first-order chi connectivity index (χ1) is 11.9. The van der Waals surface area contributed by atoms with E-state index >= 15 is 0 Å². The summed E-state index contributed by atoms with van der Waals surface area (Å²) in [6, 6.07) is 7.36. The van der Waals surface area contributed by atoms with Crippen LogP contribution >= 0.6 is 24.0 Å². The van der Waals surface area contributed by atoms with Crippen LogP contribution in [-0.2, 0) is 6.54 Å². The first-order valence-electron chi connectivity index (χ1n) is 8.65. The molecule has 1 aromatic heterocycles. The molecule has 2 N–H and O–H groups in total. The van der Waals surface area contributed by atoms with Crippen LogP contribution in [0.15, 0.2) is 29.3 Å². The highest BCUT2D eigenvalue weighted by Gasteiger charge is 2.09. The van der Waals surface area contributed by atoms with Gasteiger partial charge in [0.25, 0.3) is 0 Å². The molecule has 0 spiro atoms. The van der Waals surface area contributed by atoms with E-state index in [4.69, 9.17) is 0 Å². The molecule has 1 heterocycles. The summed E-state index contributed by atoms with van der Waals surface area (Å²) < 4.78 is 15.7. The third-order valence-corrected chi connectivity index (χ3v) is 4.22. The quantitative estimate of drug-likeness (QED) is 0.290. The van der Waals surface area contributed by atoms with Gasteiger partial charge in [0.1, 0.15) is 5.82 Å². The lowest BCUT2D eigenvalue weighted by molar-refractivity contribution is 0.553. The summed E-state index contributed by atoms with van der Waals surface area (Å²) in [5, 5.41) is 11.0. The van der Waals surface area contributed by atoms with Gasteiger partial charge in [-0.15, -0.1) is 24.0 Å². The maximum atomic E-state index is 13.7. The van der Waals surface area contributed by atoms with Gasteiger partial charge in [-0.3, -0.25) is 9.67 Å². The van der Waals surface area contributed by atoms with Gasteiger partial charge < -0.3 is 10.6 Å². The smallest absolute Gasteiger partial charge is 0.191 e. The summed E-state index contributed by atoms with van der Waals surface area (Å²) in [7, 11) is 1.73. The van der Waals surface area contributed by atoms with Crippen molar-refractivity contribution in [2.24, 2.45) is 4.99 Å². The second-order valence-electron chi connectivity index (χ2n) is 6.38. The van der Waals surface area contributed by atoms with Crippen molar-refractivity contribution in [3.63, 3.8) is 0 Å². The summed E-state index contributed by atoms with van der Waals surface area (Å²) in [5.41, 5.74) is 3.77. The first-order valence-corrected chi connectivity index (χ1v) is 8.65. The van der Waals surface area contributed by atoms with Crippen LogP contribution < -0.4 is 10.6 Å². The average Bonchev–Trinajstić information content (AvgIpc) is 2.90. The van der Waals surface area contributed by atoms with Crippen LogP contribution in [0.4, 0.5) is 4.39 Å². The van der Waals surface area contributed by atoms with Crippen LogP contribution in [-0.4, -0.2) is 29.3 Å². The number of nitrogens with one attached hydrogen (secondary N) is 2. The Labute approximate surface area is 172 Å². The van der Waals surface area contributed by atoms with E-state index in [9.17, 15) is 4.39 Å². The van der Waals surface area contributed by atoms with Crippen LogP contribution in [0, 0.1) is 26.6 Å². The minimum atomic E-state index is -0.181. The molecule has 26 heavy (non-hydrogen) atoms. The van der Waals surface area contributed by atoms with Crippen molar-refractivity contribution in [3.05, 3.63) is 52.6 Å². The molecule has 0 saturated carbocycles. The van der Waals surface area contributed by atoms with Gasteiger partial charge in [-0.05, 0) is 57.4 Å². The van der Waals surface area contributed by atoms with E-state index in [1.54, 1.807) is 26.1 Å². The number of hydrogen-bond acceptors (Lipinski definition) is 2. The van der Waals surface area contributed by atoms with Crippen LogP contribution in [0.2, 0.25) is 0 Å². The molecule has 0 aliphatic rings. The molecule has 2 rings (SSSR count). The molecule has 0 bridgehead atoms. The zero-order chi connectivity index (χ0) is 18.4. The first kappa shape index (κ1) is 22.4. The Morgan fingerprint density at radius 3 is 2.58 bits per heavy atom. The minimum absolute atomic E-state index is 0. The van der Waals surface area contributed by atoms with E-state index in [1.165, 1.54) is 5.69 Å². The molecule has 0 amide bonds. The fourth-order valence-corrected chi connectivity index (χ4v) is 2.70. The highest BCUT2D eigenvalue weighted by molar-refractivity contribution is 14.0. The number of nitrogens with zero attached hydrogens (tertiary/aromatic N) is 3. The number of aryl methyl sites for hydroxylation is 4. The summed E-state index contributed by atoms with van der Waals surface area (Å²) in [6.45, 7) is 9.47. The zero-order valence-electron chi connectivity index (χ0n) is 16.1. The van der Waals surface area contributed by atoms with Crippen molar-refractivity contribution in [1.29, 1.82) is 0 Å². The molecule has 1 atom stereocenters. The lowest BCUT2D eigenvalue weighted by atomic mass is 10.1. The van der Waals surface area contributed by atoms with E-state index < -0.39 is 0 Å². The van der Waals surface area contributed by atoms with Gasteiger partial charge in [0.15, 0.2) is 5.96 Å². The number of aliphatic imine (C=N–C) groups is 1. The molecule has 0 aliphatic carbocycles. The third kappa shape index (κ3) is 6.26. The van der Waals surface area contributed by atoms with Gasteiger partial charge in [0.05, 0.1) is 11.7 Å². The average molecular weight is 473 g/mol. The summed E-state index contributed by atoms with van der Waals surface area (Å²) in [5.74, 6) is 0.529. The number of benzene rings is 1. The third-order valence-electron chi connectivity index (χ3n) is 4.22. The molecule has 2 aromatic rings. The second-order valence-corrected chi connectivity index (χ2v) is 6.38. The van der Waals surface area contributed by atoms with Crippen molar-refractivity contribution < 1.29 is 4.39 Å².